The summed E-state index contributed by atoms with van der Waals surface area (Å²) in [5, 5.41) is 20.4. The van der Waals surface area contributed by atoms with Gasteiger partial charge in [0.15, 0.2) is 0 Å². The second-order valence-corrected chi connectivity index (χ2v) is 3.47. The summed E-state index contributed by atoms with van der Waals surface area (Å²) in [5.41, 5.74) is 0. The first kappa shape index (κ1) is 10.3. The van der Waals surface area contributed by atoms with Crippen LogP contribution in [-0.4, -0.2) is 14.4 Å². The van der Waals surface area contributed by atoms with Crippen molar-refractivity contribution in [3.05, 3.63) is 20.2 Å². The van der Waals surface area contributed by atoms with Crippen LogP contribution >= 0.6 is 15.9 Å². The molecule has 0 heterocycles. The van der Waals surface area contributed by atoms with Crippen LogP contribution in [0.15, 0.2) is 0 Å². The van der Waals surface area contributed by atoms with Gasteiger partial charge >= 0.3 is 4.57 Å². The van der Waals surface area contributed by atoms with Gasteiger partial charge in [0.1, 0.15) is 15.8 Å². The molecule has 0 spiro atoms. The van der Waals surface area contributed by atoms with Crippen molar-refractivity contribution < 1.29 is 9.85 Å². The molecular formula is C4H7BrN2O4. The Kier molecular flexibility index (Phi) is 2.92. The van der Waals surface area contributed by atoms with Crippen LogP contribution in [0.4, 0.5) is 0 Å². The maximum Gasteiger partial charge on any atom is 0.512 e. The molecular weight excluding hydrogens is 220 g/mol. The van der Waals surface area contributed by atoms with Crippen molar-refractivity contribution in [2.45, 2.75) is 18.4 Å². The monoisotopic (exact) mass is 226 g/mol. The van der Waals surface area contributed by atoms with Gasteiger partial charge in [0.25, 0.3) is 0 Å². The van der Waals surface area contributed by atoms with Gasteiger partial charge in [-0.2, -0.15) is 0 Å². The summed E-state index contributed by atoms with van der Waals surface area (Å²) in [5.74, 6) is -0.701. The molecule has 0 amide bonds. The molecule has 0 aromatic heterocycles. The van der Waals surface area contributed by atoms with Crippen molar-refractivity contribution in [3.63, 3.8) is 0 Å². The summed E-state index contributed by atoms with van der Waals surface area (Å²) in [7, 11) is 0. The molecule has 0 aliphatic rings. The van der Waals surface area contributed by atoms with Crippen molar-refractivity contribution in [1.29, 1.82) is 0 Å². The summed E-state index contributed by atoms with van der Waals surface area (Å²) in [4.78, 5) is 18.5. The minimum atomic E-state index is -2.24. The summed E-state index contributed by atoms with van der Waals surface area (Å²) in [6, 6.07) is 0. The molecule has 0 rings (SSSR count). The van der Waals surface area contributed by atoms with Gasteiger partial charge < -0.3 is 0 Å². The molecule has 0 aliphatic heterocycles. The molecule has 0 atom stereocenters. The summed E-state index contributed by atoms with van der Waals surface area (Å²) in [6.45, 7) is 2.81. The third-order valence-electron chi connectivity index (χ3n) is 1.25. The van der Waals surface area contributed by atoms with Crippen LogP contribution in [0.2, 0.25) is 0 Å². The second kappa shape index (κ2) is 3.12. The molecule has 0 unspecified atom stereocenters. The van der Waals surface area contributed by atoms with Crippen LogP contribution in [0.3, 0.4) is 0 Å². The summed E-state index contributed by atoms with van der Waals surface area (Å²) < 4.78 is -2.24. The van der Waals surface area contributed by atoms with E-state index in [1.807, 2.05) is 0 Å². The van der Waals surface area contributed by atoms with Crippen molar-refractivity contribution in [3.8, 4) is 0 Å². The van der Waals surface area contributed by atoms with E-state index in [9.17, 15) is 20.2 Å². The van der Waals surface area contributed by atoms with E-state index in [1.165, 1.54) is 13.8 Å². The van der Waals surface area contributed by atoms with Gasteiger partial charge in [-0.05, 0) is 13.8 Å². The Morgan fingerprint density at radius 1 is 1.27 bits per heavy atom. The first-order chi connectivity index (χ1) is 4.83. The molecule has 0 aliphatic carbocycles. The molecule has 0 saturated carbocycles. The van der Waals surface area contributed by atoms with Gasteiger partial charge in [0.2, 0.25) is 0 Å². The van der Waals surface area contributed by atoms with Gasteiger partial charge in [-0.25, -0.2) is 0 Å². The van der Waals surface area contributed by atoms with E-state index in [4.69, 9.17) is 0 Å². The molecule has 11 heavy (non-hydrogen) atoms. The third kappa shape index (κ3) is 1.65. The van der Waals surface area contributed by atoms with Gasteiger partial charge in [0, 0.05) is 0 Å². The fourth-order valence-electron chi connectivity index (χ4n) is 0.488. The Hall–Kier alpha value is -0.720. The van der Waals surface area contributed by atoms with Gasteiger partial charge in [-0.15, -0.1) is 0 Å². The summed E-state index contributed by atoms with van der Waals surface area (Å²) >= 11 is 2.48. The predicted octanol–water partition coefficient (Wildman–Crippen LogP) is 1.24. The summed E-state index contributed by atoms with van der Waals surface area (Å²) in [6.07, 6.45) is 0. The van der Waals surface area contributed by atoms with E-state index in [-0.39, 0.29) is 0 Å². The minimum Gasteiger partial charge on any atom is -0.258 e. The topological polar surface area (TPSA) is 86.3 Å². The Balaban J connectivity index is 4.82. The number of halogens is 1. The standard InChI is InChI=1S/C4H7BrN2O4/c1-3(2)4(5,6(8)9)7(10)11/h3H,1-2H3. The van der Waals surface area contributed by atoms with Crippen molar-refractivity contribution in [2.24, 2.45) is 5.92 Å². The van der Waals surface area contributed by atoms with Gasteiger partial charge in [-0.1, -0.05) is 0 Å². The van der Waals surface area contributed by atoms with E-state index in [1.54, 1.807) is 0 Å². The van der Waals surface area contributed by atoms with Crippen molar-refractivity contribution >= 4 is 15.9 Å². The highest BCUT2D eigenvalue weighted by Crippen LogP contribution is 2.28. The molecule has 64 valence electrons. The van der Waals surface area contributed by atoms with Crippen LogP contribution < -0.4 is 0 Å². The highest BCUT2D eigenvalue weighted by atomic mass is 79.9. The van der Waals surface area contributed by atoms with Crippen LogP contribution in [0.1, 0.15) is 13.8 Å². The van der Waals surface area contributed by atoms with Crippen molar-refractivity contribution in [1.82, 2.24) is 0 Å². The Morgan fingerprint density at radius 2 is 1.55 bits per heavy atom. The van der Waals surface area contributed by atoms with E-state index in [0.29, 0.717) is 0 Å². The molecule has 6 nitrogen and oxygen atoms in total. The molecule has 0 aromatic carbocycles. The number of nitrogens with zero attached hydrogens (tertiary/aromatic N) is 2. The van der Waals surface area contributed by atoms with Gasteiger partial charge in [-0.3, -0.25) is 20.2 Å². The van der Waals surface area contributed by atoms with E-state index in [0.717, 1.165) is 0 Å². The lowest BCUT2D eigenvalue weighted by molar-refractivity contribution is -0.766. The zero-order chi connectivity index (χ0) is 9.23. The van der Waals surface area contributed by atoms with E-state index in [2.05, 4.69) is 15.9 Å². The largest absolute Gasteiger partial charge is 0.512 e. The zero-order valence-corrected chi connectivity index (χ0v) is 7.57. The molecule has 7 heteroatoms. The molecule has 0 radical (unpaired) electrons. The molecule has 0 saturated heterocycles. The van der Waals surface area contributed by atoms with Crippen LogP contribution in [0.25, 0.3) is 0 Å². The fraction of sp³-hybridized carbons (Fsp3) is 1.00. The third-order valence-corrected chi connectivity index (χ3v) is 2.74. The maximum atomic E-state index is 10.2. The first-order valence-corrected chi connectivity index (χ1v) is 3.60. The average molecular weight is 227 g/mol. The highest BCUT2D eigenvalue weighted by Gasteiger charge is 2.56. The lowest BCUT2D eigenvalue weighted by Gasteiger charge is -2.12. The number of alkyl halides is 1. The highest BCUT2D eigenvalue weighted by molar-refractivity contribution is 9.09. The number of hydrogen-bond acceptors (Lipinski definition) is 4. The van der Waals surface area contributed by atoms with Crippen LogP contribution in [-0.2, 0) is 0 Å². The second-order valence-electron chi connectivity index (χ2n) is 2.31. The molecule has 0 fully saturated rings. The molecule has 0 aromatic rings. The lowest BCUT2D eigenvalue weighted by Crippen LogP contribution is -2.44. The number of hydrogen-bond donors (Lipinski definition) is 0. The van der Waals surface area contributed by atoms with Crippen molar-refractivity contribution in [2.75, 3.05) is 0 Å². The van der Waals surface area contributed by atoms with E-state index >= 15 is 0 Å². The first-order valence-electron chi connectivity index (χ1n) is 2.81. The molecule has 0 bridgehead atoms. The SMILES string of the molecule is CC(C)C(Br)([N+](=O)[O-])[N+](=O)[O-]. The van der Waals surface area contributed by atoms with Crippen LogP contribution in [0, 0.1) is 26.1 Å². The Morgan fingerprint density at radius 3 is 1.55 bits per heavy atom. The quantitative estimate of drug-likeness (QED) is 0.238. The zero-order valence-electron chi connectivity index (χ0n) is 5.98. The Bertz CT molecular complexity index is 179. The average Bonchev–Trinajstić information content (AvgIpc) is 1.84. The Labute approximate surface area is 71.0 Å². The fourth-order valence-corrected chi connectivity index (χ4v) is 0.488. The minimum absolute atomic E-state index is 0.701. The van der Waals surface area contributed by atoms with Gasteiger partial charge in [0.05, 0.1) is 15.9 Å². The molecule has 0 N–H and O–H groups in total. The predicted molar refractivity (Wildman–Crippen MR) is 40.5 cm³/mol. The maximum absolute atomic E-state index is 10.2. The number of rotatable bonds is 3. The normalized spacial score (nSPS) is 11.6. The number of nitro groups is 2. The smallest absolute Gasteiger partial charge is 0.258 e. The van der Waals surface area contributed by atoms with Crippen LogP contribution in [0.5, 0.6) is 0 Å². The lowest BCUT2D eigenvalue weighted by atomic mass is 10.2. The van der Waals surface area contributed by atoms with E-state index < -0.39 is 20.3 Å².